The molecule has 15 heavy (non-hydrogen) atoms. The van der Waals surface area contributed by atoms with E-state index in [4.69, 9.17) is 0 Å². The second kappa shape index (κ2) is 4.01. The molecule has 3 heteroatoms. The molecule has 0 radical (unpaired) electrons. The van der Waals surface area contributed by atoms with Gasteiger partial charge in [-0.25, -0.2) is 0 Å². The lowest BCUT2D eigenvalue weighted by atomic mass is 9.98. The maximum Gasteiger partial charge on any atom is 0.0851 e. The van der Waals surface area contributed by atoms with Gasteiger partial charge < -0.3 is 5.32 Å². The third kappa shape index (κ3) is 2.17. The van der Waals surface area contributed by atoms with Gasteiger partial charge in [-0.3, -0.25) is 0 Å². The van der Waals surface area contributed by atoms with Crippen LogP contribution in [0.2, 0.25) is 0 Å². The second-order valence-corrected chi connectivity index (χ2v) is 4.41. The van der Waals surface area contributed by atoms with E-state index in [-0.39, 0.29) is 6.04 Å². The Labute approximate surface area is 90.7 Å². The molecule has 0 aliphatic carbocycles. The number of nitrogens with one attached hydrogen (secondary N) is 1. The monoisotopic (exact) mass is 203 g/mol. The minimum atomic E-state index is 0.230. The van der Waals surface area contributed by atoms with E-state index in [0.29, 0.717) is 5.92 Å². The summed E-state index contributed by atoms with van der Waals surface area (Å²) in [5.74, 6) is 0.496. The fraction of sp³-hybridized carbons (Fsp3) is 0.500. The van der Waals surface area contributed by atoms with Crippen LogP contribution in [0.1, 0.15) is 27.2 Å². The number of hydrogen-bond acceptors (Lipinski definition) is 3. The fourth-order valence-corrected chi connectivity index (χ4v) is 1.66. The van der Waals surface area contributed by atoms with E-state index < -0.39 is 0 Å². The molecule has 1 N–H and O–H groups in total. The minimum Gasteiger partial charge on any atom is -0.379 e. The molecule has 0 aromatic rings. The third-order valence-corrected chi connectivity index (χ3v) is 2.74. The largest absolute Gasteiger partial charge is 0.379 e. The molecule has 0 spiro atoms. The van der Waals surface area contributed by atoms with E-state index in [1.54, 1.807) is 0 Å². The molecule has 2 aliphatic rings. The predicted octanol–water partition coefficient (Wildman–Crippen LogP) is 2.27. The predicted molar refractivity (Wildman–Crippen MR) is 64.1 cm³/mol. The highest BCUT2D eigenvalue weighted by Crippen LogP contribution is 2.15. The van der Waals surface area contributed by atoms with E-state index in [9.17, 15) is 0 Å². The Morgan fingerprint density at radius 1 is 1.40 bits per heavy atom. The Kier molecular flexibility index (Phi) is 2.71. The number of rotatable bonds is 2. The maximum absolute atomic E-state index is 4.25. The molecule has 0 saturated heterocycles. The van der Waals surface area contributed by atoms with Gasteiger partial charge in [-0.05, 0) is 18.4 Å². The summed E-state index contributed by atoms with van der Waals surface area (Å²) in [6.07, 6.45) is 7.21. The van der Waals surface area contributed by atoms with Gasteiger partial charge in [0.2, 0.25) is 0 Å². The molecule has 2 rings (SSSR count). The number of dihydropyridines is 1. The molecule has 1 atom stereocenters. The summed E-state index contributed by atoms with van der Waals surface area (Å²) in [5, 5.41) is 11.8. The van der Waals surface area contributed by atoms with Crippen molar-refractivity contribution in [3.05, 3.63) is 23.9 Å². The summed E-state index contributed by atoms with van der Waals surface area (Å²) in [4.78, 5) is 0. The zero-order chi connectivity index (χ0) is 10.8. The van der Waals surface area contributed by atoms with Crippen molar-refractivity contribution in [3.63, 3.8) is 0 Å². The van der Waals surface area contributed by atoms with Gasteiger partial charge in [0, 0.05) is 18.3 Å². The summed E-state index contributed by atoms with van der Waals surface area (Å²) in [7, 11) is 0. The number of allylic oxidation sites excluding steroid dienone is 2. The number of nitrogens with zero attached hydrogens (tertiary/aromatic N) is 2. The normalized spacial score (nSPS) is 24.8. The van der Waals surface area contributed by atoms with Crippen LogP contribution in [0.25, 0.3) is 0 Å². The summed E-state index contributed by atoms with van der Waals surface area (Å²) >= 11 is 0. The van der Waals surface area contributed by atoms with Crippen molar-refractivity contribution in [3.8, 4) is 0 Å². The molecule has 80 valence electrons. The van der Waals surface area contributed by atoms with Gasteiger partial charge in [-0.2, -0.15) is 10.2 Å². The average Bonchev–Trinajstić information content (AvgIpc) is 2.68. The molecule has 0 fully saturated rings. The van der Waals surface area contributed by atoms with E-state index in [1.165, 1.54) is 11.3 Å². The third-order valence-electron chi connectivity index (χ3n) is 2.74. The first-order valence-corrected chi connectivity index (χ1v) is 5.41. The molecule has 2 heterocycles. The number of hydrogen-bond donors (Lipinski definition) is 1. The van der Waals surface area contributed by atoms with Crippen molar-refractivity contribution >= 4 is 11.4 Å². The van der Waals surface area contributed by atoms with Gasteiger partial charge in [0.1, 0.15) is 0 Å². The maximum atomic E-state index is 4.25. The molecular formula is C12H17N3. The van der Waals surface area contributed by atoms with Crippen LogP contribution in [0.4, 0.5) is 0 Å². The summed E-state index contributed by atoms with van der Waals surface area (Å²) in [5.41, 5.74) is 3.56. The van der Waals surface area contributed by atoms with E-state index >= 15 is 0 Å². The first-order valence-electron chi connectivity index (χ1n) is 5.41. The molecule has 0 saturated carbocycles. The highest BCUT2D eigenvalue weighted by Gasteiger charge is 2.21. The van der Waals surface area contributed by atoms with Crippen molar-refractivity contribution in [2.24, 2.45) is 16.1 Å². The highest BCUT2D eigenvalue weighted by atomic mass is 15.2. The van der Waals surface area contributed by atoms with Gasteiger partial charge in [0.05, 0.1) is 11.8 Å². The standard InChI is InChI=1S/C12H17N3/c1-8(2)11-6-12(15-14-11)10-5-4-9(3)7-13-10/h4-5,7-8,10,13H,6H2,1-3H3. The van der Waals surface area contributed by atoms with E-state index in [0.717, 1.165) is 12.1 Å². The van der Waals surface area contributed by atoms with E-state index in [2.05, 4.69) is 48.4 Å². The average molecular weight is 203 g/mol. The van der Waals surface area contributed by atoms with Gasteiger partial charge in [0.25, 0.3) is 0 Å². The zero-order valence-electron chi connectivity index (χ0n) is 9.49. The second-order valence-electron chi connectivity index (χ2n) is 4.41. The van der Waals surface area contributed by atoms with Crippen LogP contribution in [-0.2, 0) is 0 Å². The van der Waals surface area contributed by atoms with Gasteiger partial charge in [0.15, 0.2) is 0 Å². The van der Waals surface area contributed by atoms with Gasteiger partial charge in [-0.1, -0.05) is 26.0 Å². The molecule has 2 aliphatic heterocycles. The quantitative estimate of drug-likeness (QED) is 0.734. The van der Waals surface area contributed by atoms with Gasteiger partial charge in [-0.15, -0.1) is 0 Å². The molecule has 0 bridgehead atoms. The first kappa shape index (κ1) is 10.1. The van der Waals surface area contributed by atoms with Crippen LogP contribution in [0.3, 0.4) is 0 Å². The van der Waals surface area contributed by atoms with E-state index in [1.807, 2.05) is 6.20 Å². The Morgan fingerprint density at radius 2 is 2.20 bits per heavy atom. The summed E-state index contributed by atoms with van der Waals surface area (Å²) < 4.78 is 0. The molecule has 0 amide bonds. The van der Waals surface area contributed by atoms with Crippen molar-refractivity contribution in [2.45, 2.75) is 33.2 Å². The molecule has 3 nitrogen and oxygen atoms in total. The van der Waals surface area contributed by atoms with Gasteiger partial charge >= 0.3 is 0 Å². The van der Waals surface area contributed by atoms with Crippen LogP contribution in [0.5, 0.6) is 0 Å². The lowest BCUT2D eigenvalue weighted by Gasteiger charge is -2.17. The Bertz CT molecular complexity index is 372. The topological polar surface area (TPSA) is 36.8 Å². The lowest BCUT2D eigenvalue weighted by molar-refractivity contribution is 0.840. The molecule has 1 unspecified atom stereocenters. The fourth-order valence-electron chi connectivity index (χ4n) is 1.66. The lowest BCUT2D eigenvalue weighted by Crippen LogP contribution is -2.33. The Hall–Kier alpha value is -1.38. The molecular weight excluding hydrogens is 186 g/mol. The van der Waals surface area contributed by atoms with Crippen molar-refractivity contribution in [2.75, 3.05) is 0 Å². The minimum absolute atomic E-state index is 0.230. The Balaban J connectivity index is 1.98. The van der Waals surface area contributed by atoms with Crippen LogP contribution in [-0.4, -0.2) is 17.5 Å². The zero-order valence-corrected chi connectivity index (χ0v) is 9.49. The summed E-state index contributed by atoms with van der Waals surface area (Å²) in [6, 6.07) is 0.230. The SMILES string of the molecule is CC1=CNC(C2=NN=C(C(C)C)C2)C=C1. The van der Waals surface area contributed by atoms with Crippen LogP contribution < -0.4 is 5.32 Å². The smallest absolute Gasteiger partial charge is 0.0851 e. The van der Waals surface area contributed by atoms with Crippen molar-refractivity contribution in [1.82, 2.24) is 5.32 Å². The van der Waals surface area contributed by atoms with Crippen LogP contribution in [0, 0.1) is 5.92 Å². The molecule has 0 aromatic heterocycles. The van der Waals surface area contributed by atoms with Crippen LogP contribution >= 0.6 is 0 Å². The van der Waals surface area contributed by atoms with Crippen molar-refractivity contribution in [1.29, 1.82) is 0 Å². The first-order chi connectivity index (χ1) is 7.16. The molecule has 0 aromatic carbocycles. The highest BCUT2D eigenvalue weighted by molar-refractivity contribution is 6.10. The summed E-state index contributed by atoms with van der Waals surface area (Å²) in [6.45, 7) is 6.39. The van der Waals surface area contributed by atoms with Crippen LogP contribution in [0.15, 0.2) is 34.1 Å². The Morgan fingerprint density at radius 3 is 2.73 bits per heavy atom. The van der Waals surface area contributed by atoms with Crippen molar-refractivity contribution < 1.29 is 0 Å².